The van der Waals surface area contributed by atoms with Gasteiger partial charge in [-0.25, -0.2) is 4.98 Å². The zero-order chi connectivity index (χ0) is 39.8. The summed E-state index contributed by atoms with van der Waals surface area (Å²) in [6.45, 7) is 5.28. The lowest BCUT2D eigenvalue weighted by Gasteiger charge is -2.23. The van der Waals surface area contributed by atoms with E-state index in [9.17, 15) is 19.5 Å². The SMILES string of the molecule is Cc1ccnc(NCCCC(=O)N[C@@H](CCOCCOCCOCCOCCN=[N+]=[N-])C(=O)N[C@H](CC(=O)O)c2ccc(-c3cccc4ccccc34)cc2)c1. The number of benzene rings is 3. The molecule has 0 spiro atoms. The largest absolute Gasteiger partial charge is 0.481 e. The second-order valence-electron chi connectivity index (χ2n) is 12.9. The molecule has 0 fully saturated rings. The maximum Gasteiger partial charge on any atom is 0.305 e. The Morgan fingerprint density at radius 2 is 1.52 bits per heavy atom. The fourth-order valence-electron chi connectivity index (χ4n) is 5.82. The van der Waals surface area contributed by atoms with Gasteiger partial charge >= 0.3 is 5.97 Å². The summed E-state index contributed by atoms with van der Waals surface area (Å²) in [5.41, 5.74) is 11.9. The number of rotatable bonds is 27. The number of azide groups is 1. The van der Waals surface area contributed by atoms with Gasteiger partial charge in [0.05, 0.1) is 58.7 Å². The molecule has 0 saturated carbocycles. The minimum Gasteiger partial charge on any atom is -0.481 e. The number of anilines is 1. The summed E-state index contributed by atoms with van der Waals surface area (Å²) < 4.78 is 22.0. The van der Waals surface area contributed by atoms with Crippen LogP contribution in [0.2, 0.25) is 0 Å². The lowest BCUT2D eigenvalue weighted by molar-refractivity contribution is -0.138. The van der Waals surface area contributed by atoms with Crippen LogP contribution in [0.25, 0.3) is 32.3 Å². The monoisotopic (exact) mass is 769 g/mol. The van der Waals surface area contributed by atoms with Gasteiger partial charge in [-0.3, -0.25) is 14.4 Å². The number of carbonyl (C=O) groups is 3. The number of nitrogens with one attached hydrogen (secondary N) is 3. The Bertz CT molecular complexity index is 1870. The molecule has 3 aromatic carbocycles. The van der Waals surface area contributed by atoms with Crippen LogP contribution in [0.4, 0.5) is 5.82 Å². The number of carboxylic acid groups (broad SMARTS) is 1. The summed E-state index contributed by atoms with van der Waals surface area (Å²) in [6.07, 6.45) is 2.19. The van der Waals surface area contributed by atoms with Crippen molar-refractivity contribution in [1.82, 2.24) is 15.6 Å². The van der Waals surface area contributed by atoms with Gasteiger partial charge in [0.1, 0.15) is 11.9 Å². The molecule has 4 aromatic rings. The number of hydrogen-bond donors (Lipinski definition) is 4. The number of fused-ring (bicyclic) bond motifs is 1. The van der Waals surface area contributed by atoms with Gasteiger partial charge in [-0.05, 0) is 70.5 Å². The fourth-order valence-corrected chi connectivity index (χ4v) is 5.82. The number of nitrogens with zero attached hydrogens (tertiary/aromatic N) is 4. The third-order valence-electron chi connectivity index (χ3n) is 8.63. The van der Waals surface area contributed by atoms with E-state index in [4.69, 9.17) is 24.5 Å². The predicted molar refractivity (Wildman–Crippen MR) is 213 cm³/mol. The topological polar surface area (TPSA) is 206 Å². The first-order chi connectivity index (χ1) is 27.3. The standard InChI is InChI=1S/C41H51N7O8/c1-30-15-18-44-38(28-30)43-17-5-10-39(49)46-36(16-20-53-22-24-55-26-27-56-25-23-54-21-19-45-48-42)41(52)47-37(29-40(50)51)33-13-11-32(12-14-33)35-9-4-7-31-6-2-3-8-34(31)35/h2-4,6-9,11-15,18,28,36-37H,5,10,16-17,19-27,29H2,1H3,(H,43,44)(H,46,49)(H,47,52)(H,50,51)/t36-,37+/m0/s1. The number of aliphatic carboxylic acids is 1. The van der Waals surface area contributed by atoms with Crippen molar-refractivity contribution in [2.75, 3.05) is 71.3 Å². The molecule has 2 atom stereocenters. The zero-order valence-corrected chi connectivity index (χ0v) is 31.7. The normalized spacial score (nSPS) is 12.0. The van der Waals surface area contributed by atoms with Gasteiger partial charge in [0.15, 0.2) is 0 Å². The summed E-state index contributed by atoms with van der Waals surface area (Å²) >= 11 is 0. The highest BCUT2D eigenvalue weighted by atomic mass is 16.6. The number of carbonyl (C=O) groups excluding carboxylic acids is 2. The third-order valence-corrected chi connectivity index (χ3v) is 8.63. The van der Waals surface area contributed by atoms with E-state index in [1.807, 2.05) is 67.6 Å². The van der Waals surface area contributed by atoms with E-state index in [0.29, 0.717) is 58.2 Å². The summed E-state index contributed by atoms with van der Waals surface area (Å²) in [5.74, 6) is -1.18. The van der Waals surface area contributed by atoms with E-state index in [1.165, 1.54) is 0 Å². The van der Waals surface area contributed by atoms with E-state index in [0.717, 1.165) is 33.3 Å². The average Bonchev–Trinajstić information content (AvgIpc) is 3.20. The van der Waals surface area contributed by atoms with Gasteiger partial charge in [-0.1, -0.05) is 71.8 Å². The van der Waals surface area contributed by atoms with Gasteiger partial charge in [-0.2, -0.15) is 0 Å². The summed E-state index contributed by atoms with van der Waals surface area (Å²) in [6, 6.07) is 23.7. The van der Waals surface area contributed by atoms with Crippen LogP contribution in [0.3, 0.4) is 0 Å². The van der Waals surface area contributed by atoms with Gasteiger partial charge in [0.2, 0.25) is 11.8 Å². The van der Waals surface area contributed by atoms with E-state index in [1.54, 1.807) is 6.20 Å². The Balaban J connectivity index is 1.30. The van der Waals surface area contributed by atoms with Crippen LogP contribution < -0.4 is 16.0 Å². The third kappa shape index (κ3) is 15.7. The van der Waals surface area contributed by atoms with Crippen LogP contribution in [0, 0.1) is 6.92 Å². The van der Waals surface area contributed by atoms with Gasteiger partial charge in [0, 0.05) is 37.2 Å². The fraction of sp³-hybridized carbons (Fsp3) is 0.415. The Labute approximate surface area is 326 Å². The second kappa shape index (κ2) is 24.8. The number of pyridine rings is 1. The first-order valence-electron chi connectivity index (χ1n) is 18.7. The molecule has 4 N–H and O–H groups in total. The van der Waals surface area contributed by atoms with Crippen molar-refractivity contribution < 1.29 is 38.4 Å². The van der Waals surface area contributed by atoms with Crippen molar-refractivity contribution in [2.24, 2.45) is 5.11 Å². The lowest BCUT2D eigenvalue weighted by atomic mass is 9.95. The van der Waals surface area contributed by atoms with Crippen molar-refractivity contribution in [2.45, 2.75) is 44.7 Å². The number of ether oxygens (including phenoxy) is 4. The van der Waals surface area contributed by atoms with E-state index >= 15 is 0 Å². The van der Waals surface area contributed by atoms with Crippen molar-refractivity contribution in [1.29, 1.82) is 0 Å². The number of carboxylic acids is 1. The minimum atomic E-state index is -1.08. The summed E-state index contributed by atoms with van der Waals surface area (Å²) in [7, 11) is 0. The first-order valence-corrected chi connectivity index (χ1v) is 18.7. The maximum absolute atomic E-state index is 13.7. The first kappa shape index (κ1) is 43.2. The maximum atomic E-state index is 13.7. The molecule has 56 heavy (non-hydrogen) atoms. The molecule has 1 heterocycles. The highest BCUT2D eigenvalue weighted by molar-refractivity contribution is 5.96. The molecule has 298 valence electrons. The Morgan fingerprint density at radius 3 is 2.21 bits per heavy atom. The molecule has 0 unspecified atom stereocenters. The molecular weight excluding hydrogens is 718 g/mol. The molecular formula is C41H51N7O8. The van der Waals surface area contributed by atoms with E-state index in [-0.39, 0.29) is 44.9 Å². The zero-order valence-electron chi connectivity index (χ0n) is 31.7. The second-order valence-corrected chi connectivity index (χ2v) is 12.9. The quantitative estimate of drug-likeness (QED) is 0.0241. The van der Waals surface area contributed by atoms with Crippen LogP contribution in [0.15, 0.2) is 90.2 Å². The Morgan fingerprint density at radius 1 is 0.839 bits per heavy atom. The van der Waals surface area contributed by atoms with Crippen molar-refractivity contribution in [3.8, 4) is 11.1 Å². The average molecular weight is 770 g/mol. The molecule has 4 rings (SSSR count). The van der Waals surface area contributed by atoms with Crippen LogP contribution in [0.5, 0.6) is 0 Å². The van der Waals surface area contributed by atoms with Gasteiger partial charge in [-0.15, -0.1) is 0 Å². The molecule has 0 aliphatic heterocycles. The predicted octanol–water partition coefficient (Wildman–Crippen LogP) is 5.99. The molecule has 0 radical (unpaired) electrons. The van der Waals surface area contributed by atoms with Gasteiger partial charge < -0.3 is 40.0 Å². The van der Waals surface area contributed by atoms with E-state index in [2.05, 4.69) is 49.2 Å². The van der Waals surface area contributed by atoms with Crippen LogP contribution >= 0.6 is 0 Å². The molecule has 15 nitrogen and oxygen atoms in total. The molecule has 2 amide bonds. The number of amides is 2. The van der Waals surface area contributed by atoms with Gasteiger partial charge in [0.25, 0.3) is 0 Å². The Hall–Kier alpha value is -5.57. The van der Waals surface area contributed by atoms with E-state index < -0.39 is 24.0 Å². The number of aryl methyl sites for hydroxylation is 1. The number of hydrogen-bond acceptors (Lipinski definition) is 10. The highest BCUT2D eigenvalue weighted by Crippen LogP contribution is 2.30. The van der Waals surface area contributed by atoms with Crippen molar-refractivity contribution >= 4 is 34.4 Å². The van der Waals surface area contributed by atoms with Crippen molar-refractivity contribution in [3.63, 3.8) is 0 Å². The van der Waals surface area contributed by atoms with Crippen LogP contribution in [-0.2, 0) is 33.3 Å². The summed E-state index contributed by atoms with van der Waals surface area (Å²) in [4.78, 5) is 45.7. The minimum absolute atomic E-state index is 0.148. The molecule has 0 bridgehead atoms. The highest BCUT2D eigenvalue weighted by Gasteiger charge is 2.25. The molecule has 1 aromatic heterocycles. The molecule has 0 aliphatic carbocycles. The summed E-state index contributed by atoms with van der Waals surface area (Å²) in [5, 5.41) is 24.3. The number of aromatic nitrogens is 1. The smallest absolute Gasteiger partial charge is 0.305 e. The molecule has 15 heteroatoms. The molecule has 0 saturated heterocycles. The van der Waals surface area contributed by atoms with Crippen LogP contribution in [0.1, 0.15) is 42.9 Å². The lowest BCUT2D eigenvalue weighted by Crippen LogP contribution is -2.48. The van der Waals surface area contributed by atoms with Crippen LogP contribution in [-0.4, -0.2) is 99.9 Å². The Kier molecular flexibility index (Phi) is 19.1. The molecule has 0 aliphatic rings. The van der Waals surface area contributed by atoms with Crippen molar-refractivity contribution in [3.05, 3.63) is 107 Å².